The van der Waals surface area contributed by atoms with Gasteiger partial charge in [0.2, 0.25) is 0 Å². The zero-order valence-electron chi connectivity index (χ0n) is 10.7. The van der Waals surface area contributed by atoms with Crippen LogP contribution < -0.4 is 0 Å². The molecule has 0 aromatic carbocycles. The van der Waals surface area contributed by atoms with E-state index in [2.05, 4.69) is 15.0 Å². The number of ether oxygens (including phenoxy) is 1. The van der Waals surface area contributed by atoms with Crippen molar-refractivity contribution in [2.75, 3.05) is 19.8 Å². The maximum Gasteiger partial charge on any atom is 0.142 e. The summed E-state index contributed by atoms with van der Waals surface area (Å²) in [6.45, 7) is 2.85. The number of aliphatic hydroxyl groups is 1. The lowest BCUT2D eigenvalue weighted by molar-refractivity contribution is -0.0884. The van der Waals surface area contributed by atoms with Crippen molar-refractivity contribution in [3.8, 4) is 11.4 Å². The van der Waals surface area contributed by atoms with Gasteiger partial charge in [0.05, 0.1) is 36.6 Å². The molecule has 1 saturated heterocycles. The minimum absolute atomic E-state index is 0.00187. The van der Waals surface area contributed by atoms with Crippen LogP contribution in [0.25, 0.3) is 11.4 Å². The molecule has 5 nitrogen and oxygen atoms in total. The number of aryl methyl sites for hydroxylation is 1. The van der Waals surface area contributed by atoms with Crippen LogP contribution in [0.2, 0.25) is 0 Å². The molecule has 0 bridgehead atoms. The van der Waals surface area contributed by atoms with Gasteiger partial charge in [-0.25, -0.2) is 9.97 Å². The molecule has 1 N–H and O–H groups in total. The van der Waals surface area contributed by atoms with Gasteiger partial charge in [-0.15, -0.1) is 0 Å². The Balaban J connectivity index is 2.06. The van der Waals surface area contributed by atoms with Gasteiger partial charge in [-0.05, 0) is 25.1 Å². The van der Waals surface area contributed by atoms with Crippen LogP contribution in [-0.2, 0) is 10.2 Å². The molecule has 1 aliphatic rings. The second kappa shape index (κ2) is 4.68. The van der Waals surface area contributed by atoms with Crippen molar-refractivity contribution < 1.29 is 9.84 Å². The van der Waals surface area contributed by atoms with E-state index in [0.717, 1.165) is 17.1 Å². The van der Waals surface area contributed by atoms with Crippen LogP contribution in [0.15, 0.2) is 30.5 Å². The van der Waals surface area contributed by atoms with E-state index in [9.17, 15) is 5.11 Å². The number of aromatic nitrogens is 3. The lowest BCUT2D eigenvalue weighted by atomic mass is 9.86. The van der Waals surface area contributed by atoms with Crippen molar-refractivity contribution in [2.45, 2.75) is 12.3 Å². The van der Waals surface area contributed by atoms with Gasteiger partial charge in [-0.1, -0.05) is 6.07 Å². The molecule has 0 radical (unpaired) electrons. The van der Waals surface area contributed by atoms with Gasteiger partial charge in [-0.2, -0.15) is 0 Å². The number of aliphatic hydroxyl groups excluding tert-OH is 1. The van der Waals surface area contributed by atoms with Crippen LogP contribution in [0.3, 0.4) is 0 Å². The minimum atomic E-state index is -0.449. The molecule has 1 fully saturated rings. The predicted octanol–water partition coefficient (Wildman–Crippen LogP) is 1.11. The molecule has 0 spiro atoms. The van der Waals surface area contributed by atoms with E-state index in [1.54, 1.807) is 6.20 Å². The number of hydrogen-bond donors (Lipinski definition) is 1. The van der Waals surface area contributed by atoms with E-state index in [4.69, 9.17) is 4.74 Å². The summed E-state index contributed by atoms with van der Waals surface area (Å²) >= 11 is 0. The van der Waals surface area contributed by atoms with Crippen LogP contribution >= 0.6 is 0 Å². The van der Waals surface area contributed by atoms with Crippen molar-refractivity contribution in [1.82, 2.24) is 15.0 Å². The second-order valence-electron chi connectivity index (χ2n) is 4.86. The molecule has 3 heterocycles. The van der Waals surface area contributed by atoms with Crippen molar-refractivity contribution in [2.24, 2.45) is 0 Å². The zero-order valence-corrected chi connectivity index (χ0v) is 10.7. The van der Waals surface area contributed by atoms with E-state index >= 15 is 0 Å². The summed E-state index contributed by atoms with van der Waals surface area (Å²) in [6.07, 6.45) is 1.74. The SMILES string of the molecule is Cc1cc(-c2ccccn2)nc(C2(CO)COC2)n1. The highest BCUT2D eigenvalue weighted by Gasteiger charge is 2.43. The molecular weight excluding hydrogens is 242 g/mol. The molecule has 2 aromatic rings. The number of hydrogen-bond acceptors (Lipinski definition) is 5. The Morgan fingerprint density at radius 2 is 2.11 bits per heavy atom. The molecule has 0 unspecified atom stereocenters. The summed E-state index contributed by atoms with van der Waals surface area (Å²) in [6, 6.07) is 7.60. The normalized spacial score (nSPS) is 16.9. The first-order chi connectivity index (χ1) is 9.23. The largest absolute Gasteiger partial charge is 0.395 e. The molecule has 1 aliphatic heterocycles. The molecule has 0 atom stereocenters. The lowest BCUT2D eigenvalue weighted by Crippen LogP contribution is -2.51. The summed E-state index contributed by atoms with van der Waals surface area (Å²) in [5.41, 5.74) is 2.01. The maximum atomic E-state index is 9.57. The Bertz CT molecular complexity index is 577. The lowest BCUT2D eigenvalue weighted by Gasteiger charge is -2.38. The molecule has 19 heavy (non-hydrogen) atoms. The summed E-state index contributed by atoms with van der Waals surface area (Å²) in [4.78, 5) is 13.3. The molecular formula is C14H15N3O2. The summed E-state index contributed by atoms with van der Waals surface area (Å²) < 4.78 is 5.21. The summed E-state index contributed by atoms with van der Waals surface area (Å²) in [5, 5.41) is 9.57. The summed E-state index contributed by atoms with van der Waals surface area (Å²) in [5.74, 6) is 0.641. The number of rotatable bonds is 3. The van der Waals surface area contributed by atoms with Gasteiger partial charge in [0.25, 0.3) is 0 Å². The minimum Gasteiger partial charge on any atom is -0.395 e. The monoisotopic (exact) mass is 257 g/mol. The van der Waals surface area contributed by atoms with E-state index in [0.29, 0.717) is 19.0 Å². The highest BCUT2D eigenvalue weighted by molar-refractivity contribution is 5.54. The fourth-order valence-corrected chi connectivity index (χ4v) is 2.09. The average molecular weight is 257 g/mol. The standard InChI is InChI=1S/C14H15N3O2/c1-10-6-12(11-4-2-3-5-15-11)17-13(16-10)14(7-18)8-19-9-14/h2-6,18H,7-9H2,1H3. The molecule has 0 aliphatic carbocycles. The van der Waals surface area contributed by atoms with Gasteiger partial charge in [0, 0.05) is 11.9 Å². The Hall–Kier alpha value is -1.85. The molecule has 5 heteroatoms. The number of nitrogens with zero attached hydrogens (tertiary/aromatic N) is 3. The number of pyridine rings is 1. The molecule has 3 rings (SSSR count). The van der Waals surface area contributed by atoms with Crippen LogP contribution in [0.5, 0.6) is 0 Å². The first-order valence-corrected chi connectivity index (χ1v) is 6.20. The van der Waals surface area contributed by atoms with Crippen LogP contribution in [0, 0.1) is 6.92 Å². The van der Waals surface area contributed by atoms with Crippen molar-refractivity contribution in [1.29, 1.82) is 0 Å². The highest BCUT2D eigenvalue weighted by Crippen LogP contribution is 2.30. The van der Waals surface area contributed by atoms with E-state index < -0.39 is 5.41 Å². The van der Waals surface area contributed by atoms with Crippen LogP contribution in [0.4, 0.5) is 0 Å². The quantitative estimate of drug-likeness (QED) is 0.892. The van der Waals surface area contributed by atoms with Crippen molar-refractivity contribution in [3.63, 3.8) is 0 Å². The molecule has 98 valence electrons. The van der Waals surface area contributed by atoms with Crippen molar-refractivity contribution >= 4 is 0 Å². The third-order valence-corrected chi connectivity index (χ3v) is 3.32. The van der Waals surface area contributed by atoms with Crippen LogP contribution in [0.1, 0.15) is 11.5 Å². The Morgan fingerprint density at radius 3 is 2.68 bits per heavy atom. The Kier molecular flexibility index (Phi) is 3.00. The van der Waals surface area contributed by atoms with Gasteiger partial charge >= 0.3 is 0 Å². The van der Waals surface area contributed by atoms with Crippen molar-refractivity contribution in [3.05, 3.63) is 42.0 Å². The van der Waals surface area contributed by atoms with Crippen LogP contribution in [-0.4, -0.2) is 39.9 Å². The van der Waals surface area contributed by atoms with E-state index in [-0.39, 0.29) is 6.61 Å². The second-order valence-corrected chi connectivity index (χ2v) is 4.86. The molecule has 0 amide bonds. The Labute approximate surface area is 111 Å². The third-order valence-electron chi connectivity index (χ3n) is 3.32. The van der Waals surface area contributed by atoms with E-state index in [1.165, 1.54) is 0 Å². The first-order valence-electron chi connectivity index (χ1n) is 6.20. The predicted molar refractivity (Wildman–Crippen MR) is 69.6 cm³/mol. The Morgan fingerprint density at radius 1 is 1.26 bits per heavy atom. The molecule has 2 aromatic heterocycles. The highest BCUT2D eigenvalue weighted by atomic mass is 16.5. The topological polar surface area (TPSA) is 68.1 Å². The molecule has 0 saturated carbocycles. The van der Waals surface area contributed by atoms with Gasteiger partial charge < -0.3 is 9.84 Å². The van der Waals surface area contributed by atoms with Gasteiger partial charge in [-0.3, -0.25) is 4.98 Å². The summed E-state index contributed by atoms with van der Waals surface area (Å²) in [7, 11) is 0. The van der Waals surface area contributed by atoms with Gasteiger partial charge in [0.15, 0.2) is 0 Å². The van der Waals surface area contributed by atoms with Gasteiger partial charge in [0.1, 0.15) is 5.82 Å². The first kappa shape index (κ1) is 12.2. The third kappa shape index (κ3) is 2.11. The fraction of sp³-hybridized carbons (Fsp3) is 0.357. The average Bonchev–Trinajstić information content (AvgIpc) is 2.39. The fourth-order valence-electron chi connectivity index (χ4n) is 2.09. The smallest absolute Gasteiger partial charge is 0.142 e. The zero-order chi connectivity index (χ0) is 13.3. The maximum absolute atomic E-state index is 9.57. The van der Waals surface area contributed by atoms with E-state index in [1.807, 2.05) is 31.2 Å².